The molecule has 1 aromatic carbocycles. The van der Waals surface area contributed by atoms with Crippen molar-refractivity contribution in [3.8, 4) is 0 Å². The summed E-state index contributed by atoms with van der Waals surface area (Å²) >= 11 is 0. The fourth-order valence-corrected chi connectivity index (χ4v) is 2.31. The lowest BCUT2D eigenvalue weighted by Crippen LogP contribution is -2.33. The van der Waals surface area contributed by atoms with Gasteiger partial charge < -0.3 is 10.4 Å². The molecule has 0 fully saturated rings. The Morgan fingerprint density at radius 2 is 1.78 bits per heavy atom. The van der Waals surface area contributed by atoms with Crippen LogP contribution < -0.4 is 5.32 Å². The van der Waals surface area contributed by atoms with Gasteiger partial charge in [-0.15, -0.1) is 0 Å². The van der Waals surface area contributed by atoms with Crippen LogP contribution in [0.5, 0.6) is 0 Å². The van der Waals surface area contributed by atoms with E-state index in [0.29, 0.717) is 5.92 Å². The molecule has 0 aliphatic heterocycles. The molecule has 0 radical (unpaired) electrons. The van der Waals surface area contributed by atoms with Gasteiger partial charge in [-0.1, -0.05) is 57.0 Å². The Morgan fingerprint density at radius 1 is 1.11 bits per heavy atom. The maximum atomic E-state index is 9.96. The molecule has 2 N–H and O–H groups in total. The number of nitrogens with one attached hydrogen (secondary N) is 1. The van der Waals surface area contributed by atoms with Crippen LogP contribution in [0.3, 0.4) is 0 Å². The third-order valence-corrected chi connectivity index (χ3v) is 3.61. The number of hydrogen-bond donors (Lipinski definition) is 2. The van der Waals surface area contributed by atoms with E-state index in [4.69, 9.17) is 0 Å². The molecule has 1 aromatic rings. The van der Waals surface area contributed by atoms with E-state index in [0.717, 1.165) is 38.8 Å². The SMILES string of the molecule is CCC(CC)C(O)CNCCCc1ccccc1. The second-order valence-corrected chi connectivity index (χ2v) is 4.94. The topological polar surface area (TPSA) is 32.3 Å². The van der Waals surface area contributed by atoms with E-state index in [1.807, 2.05) is 6.07 Å². The van der Waals surface area contributed by atoms with E-state index < -0.39 is 0 Å². The highest BCUT2D eigenvalue weighted by molar-refractivity contribution is 5.14. The molecule has 0 bridgehead atoms. The van der Waals surface area contributed by atoms with Crippen LogP contribution in [0.1, 0.15) is 38.7 Å². The highest BCUT2D eigenvalue weighted by atomic mass is 16.3. The van der Waals surface area contributed by atoms with Gasteiger partial charge in [0.2, 0.25) is 0 Å². The average molecular weight is 249 g/mol. The minimum absolute atomic E-state index is 0.197. The van der Waals surface area contributed by atoms with Crippen LogP contribution in [-0.4, -0.2) is 24.3 Å². The van der Waals surface area contributed by atoms with Crippen molar-refractivity contribution < 1.29 is 5.11 Å². The van der Waals surface area contributed by atoms with Gasteiger partial charge in [-0.25, -0.2) is 0 Å². The van der Waals surface area contributed by atoms with Gasteiger partial charge in [0.1, 0.15) is 0 Å². The largest absolute Gasteiger partial charge is 0.392 e. The summed E-state index contributed by atoms with van der Waals surface area (Å²) in [6.45, 7) is 5.99. The number of aryl methyl sites for hydroxylation is 1. The van der Waals surface area contributed by atoms with Crippen molar-refractivity contribution in [3.63, 3.8) is 0 Å². The predicted molar refractivity (Wildman–Crippen MR) is 77.7 cm³/mol. The summed E-state index contributed by atoms with van der Waals surface area (Å²) in [5, 5.41) is 13.3. The normalized spacial score (nSPS) is 12.9. The molecule has 0 amide bonds. The molecule has 1 rings (SSSR count). The molecule has 1 unspecified atom stereocenters. The number of aliphatic hydroxyl groups excluding tert-OH is 1. The highest BCUT2D eigenvalue weighted by Gasteiger charge is 2.14. The highest BCUT2D eigenvalue weighted by Crippen LogP contribution is 2.12. The first-order chi connectivity index (χ1) is 8.77. The zero-order chi connectivity index (χ0) is 13.2. The molecule has 0 spiro atoms. The van der Waals surface area contributed by atoms with E-state index in [9.17, 15) is 5.11 Å². The van der Waals surface area contributed by atoms with E-state index in [1.165, 1.54) is 5.56 Å². The second-order valence-electron chi connectivity index (χ2n) is 4.94. The van der Waals surface area contributed by atoms with Crippen molar-refractivity contribution >= 4 is 0 Å². The Bertz CT molecular complexity index is 295. The quantitative estimate of drug-likeness (QED) is 0.659. The maximum Gasteiger partial charge on any atom is 0.0692 e. The van der Waals surface area contributed by atoms with Gasteiger partial charge in [-0.3, -0.25) is 0 Å². The molecule has 0 aliphatic rings. The number of rotatable bonds is 9. The smallest absolute Gasteiger partial charge is 0.0692 e. The maximum absolute atomic E-state index is 9.96. The molecular formula is C16H27NO. The molecule has 2 heteroatoms. The van der Waals surface area contributed by atoms with Gasteiger partial charge in [0.15, 0.2) is 0 Å². The predicted octanol–water partition coefficient (Wildman–Crippen LogP) is 3.01. The Kier molecular flexibility index (Phi) is 7.70. The molecule has 0 saturated heterocycles. The van der Waals surface area contributed by atoms with Crippen molar-refractivity contribution in [2.45, 2.75) is 45.6 Å². The zero-order valence-electron chi connectivity index (χ0n) is 11.7. The monoisotopic (exact) mass is 249 g/mol. The molecule has 0 aliphatic carbocycles. The number of aliphatic hydroxyl groups is 1. The zero-order valence-corrected chi connectivity index (χ0v) is 11.7. The molecular weight excluding hydrogens is 222 g/mol. The number of benzene rings is 1. The first kappa shape index (κ1) is 15.2. The van der Waals surface area contributed by atoms with Crippen LogP contribution in [0.4, 0.5) is 0 Å². The fraction of sp³-hybridized carbons (Fsp3) is 0.625. The summed E-state index contributed by atoms with van der Waals surface area (Å²) in [5.74, 6) is 0.437. The summed E-state index contributed by atoms with van der Waals surface area (Å²) in [6, 6.07) is 10.5. The van der Waals surface area contributed by atoms with Gasteiger partial charge in [-0.2, -0.15) is 0 Å². The Hall–Kier alpha value is -0.860. The molecule has 1 atom stereocenters. The minimum atomic E-state index is -0.197. The molecule has 18 heavy (non-hydrogen) atoms. The number of hydrogen-bond acceptors (Lipinski definition) is 2. The summed E-state index contributed by atoms with van der Waals surface area (Å²) < 4.78 is 0. The van der Waals surface area contributed by atoms with E-state index in [-0.39, 0.29) is 6.10 Å². The standard InChI is InChI=1S/C16H27NO/c1-3-15(4-2)16(18)13-17-12-8-11-14-9-6-5-7-10-14/h5-7,9-10,15-18H,3-4,8,11-13H2,1-2H3. The summed E-state index contributed by atoms with van der Waals surface area (Å²) in [4.78, 5) is 0. The van der Waals surface area contributed by atoms with Crippen LogP contribution in [-0.2, 0) is 6.42 Å². The van der Waals surface area contributed by atoms with Crippen molar-refractivity contribution in [2.75, 3.05) is 13.1 Å². The van der Waals surface area contributed by atoms with Crippen molar-refractivity contribution in [1.29, 1.82) is 0 Å². The van der Waals surface area contributed by atoms with Crippen LogP contribution in [0.2, 0.25) is 0 Å². The lowest BCUT2D eigenvalue weighted by Gasteiger charge is -2.20. The molecule has 0 heterocycles. The van der Waals surface area contributed by atoms with Gasteiger partial charge in [0, 0.05) is 6.54 Å². The first-order valence-corrected chi connectivity index (χ1v) is 7.20. The van der Waals surface area contributed by atoms with Crippen LogP contribution >= 0.6 is 0 Å². The van der Waals surface area contributed by atoms with Gasteiger partial charge in [0.05, 0.1) is 6.10 Å². The fourth-order valence-electron chi connectivity index (χ4n) is 2.31. The Morgan fingerprint density at radius 3 is 2.39 bits per heavy atom. The van der Waals surface area contributed by atoms with Gasteiger partial charge in [0.25, 0.3) is 0 Å². The summed E-state index contributed by atoms with van der Waals surface area (Å²) in [5.41, 5.74) is 1.39. The molecule has 2 nitrogen and oxygen atoms in total. The first-order valence-electron chi connectivity index (χ1n) is 7.20. The van der Waals surface area contributed by atoms with Gasteiger partial charge >= 0.3 is 0 Å². The summed E-state index contributed by atoms with van der Waals surface area (Å²) in [7, 11) is 0. The molecule has 102 valence electrons. The van der Waals surface area contributed by atoms with Crippen LogP contribution in [0, 0.1) is 5.92 Å². The van der Waals surface area contributed by atoms with E-state index >= 15 is 0 Å². The van der Waals surface area contributed by atoms with E-state index in [2.05, 4.69) is 43.4 Å². The minimum Gasteiger partial charge on any atom is -0.392 e. The van der Waals surface area contributed by atoms with Crippen molar-refractivity contribution in [1.82, 2.24) is 5.32 Å². The Labute approximate surface area is 111 Å². The summed E-state index contributed by atoms with van der Waals surface area (Å²) in [6.07, 6.45) is 4.15. The van der Waals surface area contributed by atoms with E-state index in [1.54, 1.807) is 0 Å². The lowest BCUT2D eigenvalue weighted by molar-refractivity contribution is 0.102. The van der Waals surface area contributed by atoms with Crippen LogP contribution in [0.25, 0.3) is 0 Å². The van der Waals surface area contributed by atoms with Crippen LogP contribution in [0.15, 0.2) is 30.3 Å². The third-order valence-electron chi connectivity index (χ3n) is 3.61. The van der Waals surface area contributed by atoms with Crippen molar-refractivity contribution in [2.24, 2.45) is 5.92 Å². The molecule has 0 saturated carbocycles. The average Bonchev–Trinajstić information content (AvgIpc) is 2.41. The Balaban J connectivity index is 2.08. The van der Waals surface area contributed by atoms with Crippen molar-refractivity contribution in [3.05, 3.63) is 35.9 Å². The second kappa shape index (κ2) is 9.12. The third kappa shape index (κ3) is 5.65. The molecule has 0 aromatic heterocycles. The lowest BCUT2D eigenvalue weighted by atomic mass is 9.96. The van der Waals surface area contributed by atoms with Gasteiger partial charge in [-0.05, 0) is 30.9 Å².